The molecule has 0 saturated carbocycles. The number of carbonyl (C=O) groups excluding carboxylic acids is 1. The Labute approximate surface area is 156 Å². The van der Waals surface area contributed by atoms with E-state index in [1.807, 2.05) is 48.5 Å². The maximum Gasteiger partial charge on any atom is 0.250 e. The minimum Gasteiger partial charge on any atom is -0.497 e. The van der Waals surface area contributed by atoms with Crippen LogP contribution in [0.5, 0.6) is 5.75 Å². The van der Waals surface area contributed by atoms with E-state index in [0.29, 0.717) is 0 Å². The standard InChI is InChI=1S/C19H20N4O2S/c1-3-23-17-7-5-4-6-16(17)21-19(23)26-13-18(24)22-20-12-14-8-10-15(25-2)11-9-14/h4-12H,3,13H2,1-2H3,(H,22,24). The smallest absolute Gasteiger partial charge is 0.250 e. The molecule has 0 aliphatic rings. The molecule has 3 rings (SSSR count). The Morgan fingerprint density at radius 3 is 2.77 bits per heavy atom. The van der Waals surface area contributed by atoms with E-state index in [1.54, 1.807) is 13.3 Å². The molecule has 0 unspecified atom stereocenters. The first-order valence-electron chi connectivity index (χ1n) is 8.25. The van der Waals surface area contributed by atoms with Crippen molar-refractivity contribution in [2.24, 2.45) is 5.10 Å². The molecule has 7 heteroatoms. The third-order valence-electron chi connectivity index (χ3n) is 3.79. The van der Waals surface area contributed by atoms with Crippen molar-refractivity contribution in [3.8, 4) is 5.75 Å². The molecule has 1 aromatic heterocycles. The van der Waals surface area contributed by atoms with E-state index in [1.165, 1.54) is 11.8 Å². The second kappa shape index (κ2) is 8.53. The highest BCUT2D eigenvalue weighted by atomic mass is 32.2. The van der Waals surface area contributed by atoms with Crippen LogP contribution in [0.2, 0.25) is 0 Å². The van der Waals surface area contributed by atoms with Gasteiger partial charge >= 0.3 is 0 Å². The van der Waals surface area contributed by atoms with Crippen LogP contribution in [0.3, 0.4) is 0 Å². The second-order valence-corrected chi connectivity index (χ2v) is 6.42. The van der Waals surface area contributed by atoms with Crippen molar-refractivity contribution in [1.82, 2.24) is 15.0 Å². The number of nitrogens with one attached hydrogen (secondary N) is 1. The van der Waals surface area contributed by atoms with E-state index < -0.39 is 0 Å². The van der Waals surface area contributed by atoms with Gasteiger partial charge in [0, 0.05) is 6.54 Å². The monoisotopic (exact) mass is 368 g/mol. The number of amides is 1. The maximum atomic E-state index is 12.0. The topological polar surface area (TPSA) is 68.5 Å². The van der Waals surface area contributed by atoms with Crippen molar-refractivity contribution in [3.63, 3.8) is 0 Å². The summed E-state index contributed by atoms with van der Waals surface area (Å²) in [6.07, 6.45) is 1.60. The molecular formula is C19H20N4O2S. The Balaban J connectivity index is 1.56. The van der Waals surface area contributed by atoms with Gasteiger partial charge in [0.25, 0.3) is 5.91 Å². The largest absolute Gasteiger partial charge is 0.497 e. The Morgan fingerprint density at radius 1 is 1.27 bits per heavy atom. The van der Waals surface area contributed by atoms with E-state index in [-0.39, 0.29) is 11.7 Å². The number of rotatable bonds is 7. The molecule has 0 fully saturated rings. The van der Waals surface area contributed by atoms with Gasteiger partial charge in [0.1, 0.15) is 5.75 Å². The van der Waals surface area contributed by atoms with Crippen LogP contribution in [0.4, 0.5) is 0 Å². The summed E-state index contributed by atoms with van der Waals surface area (Å²) in [5, 5.41) is 4.82. The quantitative estimate of drug-likeness (QED) is 0.395. The van der Waals surface area contributed by atoms with E-state index in [4.69, 9.17) is 4.74 Å². The summed E-state index contributed by atoms with van der Waals surface area (Å²) in [4.78, 5) is 16.6. The first kappa shape index (κ1) is 18.0. The number of methoxy groups -OCH3 is 1. The van der Waals surface area contributed by atoms with Crippen LogP contribution in [0.1, 0.15) is 12.5 Å². The van der Waals surface area contributed by atoms with Crippen molar-refractivity contribution in [3.05, 3.63) is 54.1 Å². The van der Waals surface area contributed by atoms with Crippen LogP contribution in [0, 0.1) is 0 Å². The lowest BCUT2D eigenvalue weighted by atomic mass is 10.2. The molecular weight excluding hydrogens is 348 g/mol. The number of hydrogen-bond acceptors (Lipinski definition) is 5. The molecule has 0 atom stereocenters. The molecule has 0 bridgehead atoms. The Bertz CT molecular complexity index is 919. The molecule has 3 aromatic rings. The molecule has 2 aromatic carbocycles. The highest BCUT2D eigenvalue weighted by molar-refractivity contribution is 7.99. The highest BCUT2D eigenvalue weighted by Crippen LogP contribution is 2.23. The molecule has 1 N–H and O–H groups in total. The zero-order chi connectivity index (χ0) is 18.4. The van der Waals surface area contributed by atoms with Crippen LogP contribution in [-0.4, -0.2) is 34.5 Å². The second-order valence-electron chi connectivity index (χ2n) is 5.48. The summed E-state index contributed by atoms with van der Waals surface area (Å²) in [6.45, 7) is 2.87. The number of benzene rings is 2. The van der Waals surface area contributed by atoms with E-state index in [2.05, 4.69) is 27.0 Å². The fraction of sp³-hybridized carbons (Fsp3) is 0.211. The minimum absolute atomic E-state index is 0.172. The Morgan fingerprint density at radius 2 is 2.04 bits per heavy atom. The van der Waals surface area contributed by atoms with Gasteiger partial charge < -0.3 is 9.30 Å². The SMILES string of the molecule is CCn1c(SCC(=O)NN=Cc2ccc(OC)cc2)nc2ccccc21. The van der Waals surface area contributed by atoms with Gasteiger partial charge in [-0.1, -0.05) is 23.9 Å². The summed E-state index contributed by atoms with van der Waals surface area (Å²) in [5.74, 6) is 0.861. The lowest BCUT2D eigenvalue weighted by molar-refractivity contribution is -0.118. The van der Waals surface area contributed by atoms with Crippen molar-refractivity contribution in [2.45, 2.75) is 18.6 Å². The highest BCUT2D eigenvalue weighted by Gasteiger charge is 2.11. The van der Waals surface area contributed by atoms with Crippen LogP contribution in [0.15, 0.2) is 58.8 Å². The van der Waals surface area contributed by atoms with E-state index in [0.717, 1.165) is 34.0 Å². The summed E-state index contributed by atoms with van der Waals surface area (Å²) in [6, 6.07) is 15.4. The number of hydrogen-bond donors (Lipinski definition) is 1. The van der Waals surface area contributed by atoms with Crippen LogP contribution >= 0.6 is 11.8 Å². The van der Waals surface area contributed by atoms with Gasteiger partial charge in [-0.15, -0.1) is 0 Å². The van der Waals surface area contributed by atoms with Crippen LogP contribution < -0.4 is 10.2 Å². The number of para-hydroxylation sites is 2. The van der Waals surface area contributed by atoms with Crippen LogP contribution in [0.25, 0.3) is 11.0 Å². The average Bonchev–Trinajstić information content (AvgIpc) is 3.04. The fourth-order valence-electron chi connectivity index (χ4n) is 2.50. The number of aromatic nitrogens is 2. The predicted octanol–water partition coefficient (Wildman–Crippen LogP) is 3.31. The summed E-state index contributed by atoms with van der Waals surface area (Å²) < 4.78 is 7.21. The number of hydrazone groups is 1. The molecule has 0 saturated heterocycles. The minimum atomic E-state index is -0.172. The van der Waals surface area contributed by atoms with Gasteiger partial charge in [0.2, 0.25) is 0 Å². The molecule has 0 radical (unpaired) electrons. The van der Waals surface area contributed by atoms with E-state index >= 15 is 0 Å². The van der Waals surface area contributed by atoms with Crippen molar-refractivity contribution in [1.29, 1.82) is 0 Å². The van der Waals surface area contributed by atoms with Gasteiger partial charge in [-0.25, -0.2) is 10.4 Å². The number of aryl methyl sites for hydroxylation is 1. The zero-order valence-corrected chi connectivity index (χ0v) is 15.5. The van der Waals surface area contributed by atoms with Crippen molar-refractivity contribution < 1.29 is 9.53 Å². The van der Waals surface area contributed by atoms with Gasteiger partial charge in [-0.3, -0.25) is 4.79 Å². The molecule has 0 aliphatic heterocycles. The van der Waals surface area contributed by atoms with Gasteiger partial charge in [0.15, 0.2) is 5.16 Å². The Hall–Kier alpha value is -2.80. The maximum absolute atomic E-state index is 12.0. The summed E-state index contributed by atoms with van der Waals surface area (Å²) >= 11 is 1.41. The zero-order valence-electron chi connectivity index (χ0n) is 14.7. The number of fused-ring (bicyclic) bond motifs is 1. The lowest BCUT2D eigenvalue weighted by Gasteiger charge is -2.05. The molecule has 134 valence electrons. The van der Waals surface area contributed by atoms with Gasteiger partial charge in [0.05, 0.1) is 30.1 Å². The molecule has 0 aliphatic carbocycles. The average molecular weight is 368 g/mol. The Kier molecular flexibility index (Phi) is 5.91. The third kappa shape index (κ3) is 4.23. The van der Waals surface area contributed by atoms with Crippen LogP contribution in [-0.2, 0) is 11.3 Å². The molecule has 6 nitrogen and oxygen atoms in total. The lowest BCUT2D eigenvalue weighted by Crippen LogP contribution is -2.20. The number of carbonyl (C=O) groups is 1. The van der Waals surface area contributed by atoms with Crippen molar-refractivity contribution >= 4 is 34.9 Å². The van der Waals surface area contributed by atoms with Gasteiger partial charge in [-0.05, 0) is 48.9 Å². The number of imidazole rings is 1. The molecule has 1 amide bonds. The number of nitrogens with zero attached hydrogens (tertiary/aromatic N) is 3. The number of ether oxygens (including phenoxy) is 1. The van der Waals surface area contributed by atoms with Gasteiger partial charge in [-0.2, -0.15) is 5.10 Å². The summed E-state index contributed by atoms with van der Waals surface area (Å²) in [5.41, 5.74) is 5.44. The number of thioether (sulfide) groups is 1. The third-order valence-corrected chi connectivity index (χ3v) is 4.76. The molecule has 0 spiro atoms. The summed E-state index contributed by atoms with van der Waals surface area (Å²) in [7, 11) is 1.62. The normalized spacial score (nSPS) is 11.2. The molecule has 1 heterocycles. The predicted molar refractivity (Wildman–Crippen MR) is 105 cm³/mol. The fourth-order valence-corrected chi connectivity index (χ4v) is 3.37. The first-order chi connectivity index (χ1) is 12.7. The molecule has 26 heavy (non-hydrogen) atoms. The first-order valence-corrected chi connectivity index (χ1v) is 9.24. The van der Waals surface area contributed by atoms with Crippen molar-refractivity contribution in [2.75, 3.05) is 12.9 Å². The van der Waals surface area contributed by atoms with E-state index in [9.17, 15) is 4.79 Å².